The van der Waals surface area contributed by atoms with Gasteiger partial charge in [-0.3, -0.25) is 4.79 Å². The average Bonchev–Trinajstić information content (AvgIpc) is 2.83. The molecule has 0 aliphatic rings. The quantitative estimate of drug-likeness (QED) is 0.384. The first-order valence-electron chi connectivity index (χ1n) is 10.4. The second-order valence-corrected chi connectivity index (χ2v) is 7.81. The fraction of sp³-hybridized carbons (Fsp3) is 0.200. The molecular weight excluding hydrogens is 439 g/mol. The molecule has 4 N–H and O–H groups in total. The summed E-state index contributed by atoms with van der Waals surface area (Å²) in [5.41, 5.74) is 0.307. The molecule has 1 aromatic heterocycles. The molecule has 0 aliphatic carbocycles. The molecule has 0 saturated heterocycles. The number of aromatic nitrogens is 1. The summed E-state index contributed by atoms with van der Waals surface area (Å²) in [6.45, 7) is 0.684. The van der Waals surface area contributed by atoms with Crippen LogP contribution in [0.3, 0.4) is 0 Å². The van der Waals surface area contributed by atoms with Gasteiger partial charge in [0.05, 0.1) is 29.5 Å². The van der Waals surface area contributed by atoms with Crippen LogP contribution in [0.15, 0.2) is 60.7 Å². The predicted molar refractivity (Wildman–Crippen MR) is 124 cm³/mol. The van der Waals surface area contributed by atoms with Crippen molar-refractivity contribution in [3.05, 3.63) is 83.2 Å². The van der Waals surface area contributed by atoms with Crippen LogP contribution in [0.4, 0.5) is 10.2 Å². The fourth-order valence-corrected chi connectivity index (χ4v) is 3.23. The summed E-state index contributed by atoms with van der Waals surface area (Å²) in [5, 5.41) is 33.6. The van der Waals surface area contributed by atoms with Crippen LogP contribution in [0.2, 0.25) is 0 Å². The van der Waals surface area contributed by atoms with Crippen molar-refractivity contribution in [2.45, 2.75) is 18.9 Å². The van der Waals surface area contributed by atoms with Gasteiger partial charge in [0.25, 0.3) is 5.91 Å². The Labute approximate surface area is 195 Å². The minimum absolute atomic E-state index is 0.0540. The van der Waals surface area contributed by atoms with Gasteiger partial charge >= 0.3 is 5.97 Å². The van der Waals surface area contributed by atoms with Crippen LogP contribution in [-0.4, -0.2) is 45.8 Å². The van der Waals surface area contributed by atoms with Gasteiger partial charge in [0.2, 0.25) is 0 Å². The zero-order chi connectivity index (χ0) is 24.7. The number of halogens is 1. The lowest BCUT2D eigenvalue weighted by atomic mass is 10.0. The van der Waals surface area contributed by atoms with E-state index in [1.807, 2.05) is 0 Å². The maximum atomic E-state index is 13.5. The zero-order valence-electron chi connectivity index (χ0n) is 18.4. The molecule has 1 atom stereocenters. The third-order valence-electron chi connectivity index (χ3n) is 5.24. The van der Waals surface area contributed by atoms with Crippen molar-refractivity contribution >= 4 is 17.7 Å². The van der Waals surface area contributed by atoms with Crippen molar-refractivity contribution in [2.24, 2.45) is 0 Å². The maximum Gasteiger partial charge on any atom is 0.331 e. The van der Waals surface area contributed by atoms with Crippen molar-refractivity contribution in [1.82, 2.24) is 10.3 Å². The van der Waals surface area contributed by atoms with Gasteiger partial charge in [0, 0.05) is 12.1 Å². The first kappa shape index (κ1) is 24.4. The number of rotatable bonds is 9. The molecule has 0 aliphatic heterocycles. The SMILES string of the molecule is C[C@](CO)(NC(=O)c1ccc(-c2ccccc2C#N)nc1NCCc1cccc(F)c1)C(=O)O. The van der Waals surface area contributed by atoms with Crippen molar-refractivity contribution in [3.63, 3.8) is 0 Å². The number of aliphatic hydroxyl groups is 1. The molecular formula is C25H23FN4O4. The number of carboxylic acids is 1. The number of amides is 1. The number of hydrogen-bond donors (Lipinski definition) is 4. The third kappa shape index (κ3) is 5.54. The molecule has 174 valence electrons. The molecule has 2 aromatic carbocycles. The zero-order valence-corrected chi connectivity index (χ0v) is 18.4. The van der Waals surface area contributed by atoms with Gasteiger partial charge in [-0.1, -0.05) is 30.3 Å². The molecule has 1 heterocycles. The fourth-order valence-electron chi connectivity index (χ4n) is 3.23. The van der Waals surface area contributed by atoms with Crippen LogP contribution in [0.1, 0.15) is 28.4 Å². The number of aliphatic carboxylic acids is 1. The summed E-state index contributed by atoms with van der Waals surface area (Å²) < 4.78 is 13.5. The Morgan fingerprint density at radius 1 is 1.15 bits per heavy atom. The second kappa shape index (κ2) is 10.6. The predicted octanol–water partition coefficient (Wildman–Crippen LogP) is 2.98. The number of benzene rings is 2. The molecule has 34 heavy (non-hydrogen) atoms. The number of anilines is 1. The first-order chi connectivity index (χ1) is 16.3. The van der Waals surface area contributed by atoms with Crippen LogP contribution in [0.5, 0.6) is 0 Å². The van der Waals surface area contributed by atoms with Crippen LogP contribution in [-0.2, 0) is 11.2 Å². The Bertz CT molecular complexity index is 1260. The van der Waals surface area contributed by atoms with E-state index in [9.17, 15) is 29.5 Å². The summed E-state index contributed by atoms with van der Waals surface area (Å²) in [4.78, 5) is 28.9. The lowest BCUT2D eigenvalue weighted by molar-refractivity contribution is -0.145. The summed E-state index contributed by atoms with van der Waals surface area (Å²) in [5.74, 6) is -2.34. The lowest BCUT2D eigenvalue weighted by Gasteiger charge is -2.24. The van der Waals surface area contributed by atoms with Gasteiger partial charge in [-0.2, -0.15) is 5.26 Å². The standard InChI is InChI=1S/C25H23FN4O4/c1-25(15-31,24(33)34)30-23(32)20-9-10-21(19-8-3-2-6-17(19)14-27)29-22(20)28-12-11-16-5-4-7-18(26)13-16/h2-10,13,31H,11-12,15H2,1H3,(H,28,29)(H,30,32)(H,33,34)/t25-/m1/s1. The van der Waals surface area contributed by atoms with Crippen molar-refractivity contribution < 1.29 is 24.2 Å². The normalized spacial score (nSPS) is 12.3. The van der Waals surface area contributed by atoms with Gasteiger partial charge in [-0.25, -0.2) is 14.2 Å². The summed E-state index contributed by atoms with van der Waals surface area (Å²) in [7, 11) is 0. The first-order valence-corrected chi connectivity index (χ1v) is 10.4. The highest BCUT2D eigenvalue weighted by molar-refractivity contribution is 6.01. The number of pyridine rings is 1. The highest BCUT2D eigenvalue weighted by Crippen LogP contribution is 2.25. The monoisotopic (exact) mass is 462 g/mol. The highest BCUT2D eigenvalue weighted by atomic mass is 19.1. The van der Waals surface area contributed by atoms with Crippen molar-refractivity contribution in [3.8, 4) is 17.3 Å². The number of nitrogens with zero attached hydrogens (tertiary/aromatic N) is 2. The maximum absolute atomic E-state index is 13.5. The van der Waals surface area contributed by atoms with Gasteiger partial charge in [0.1, 0.15) is 11.6 Å². The summed E-state index contributed by atoms with van der Waals surface area (Å²) in [6.07, 6.45) is 0.434. The number of carboxylic acid groups (broad SMARTS) is 1. The molecule has 3 aromatic rings. The van der Waals surface area contributed by atoms with Crippen LogP contribution >= 0.6 is 0 Å². The van der Waals surface area contributed by atoms with E-state index in [0.29, 0.717) is 29.8 Å². The minimum Gasteiger partial charge on any atom is -0.479 e. The molecule has 0 unspecified atom stereocenters. The largest absolute Gasteiger partial charge is 0.479 e. The van der Waals surface area contributed by atoms with E-state index in [4.69, 9.17) is 0 Å². The third-order valence-corrected chi connectivity index (χ3v) is 5.24. The molecule has 0 spiro atoms. The van der Waals surface area contributed by atoms with E-state index < -0.39 is 24.0 Å². The Hall–Kier alpha value is -4.29. The van der Waals surface area contributed by atoms with Crippen LogP contribution in [0, 0.1) is 17.1 Å². The molecule has 3 rings (SSSR count). The van der Waals surface area contributed by atoms with E-state index in [-0.39, 0.29) is 17.2 Å². The van der Waals surface area contributed by atoms with E-state index in [0.717, 1.165) is 5.56 Å². The summed E-state index contributed by atoms with van der Waals surface area (Å²) in [6, 6.07) is 18.1. The molecule has 0 radical (unpaired) electrons. The Morgan fingerprint density at radius 2 is 1.91 bits per heavy atom. The van der Waals surface area contributed by atoms with E-state index >= 15 is 0 Å². The van der Waals surface area contributed by atoms with Gasteiger partial charge in [-0.05, 0) is 49.2 Å². The summed E-state index contributed by atoms with van der Waals surface area (Å²) >= 11 is 0. The molecule has 9 heteroatoms. The van der Waals surface area contributed by atoms with Gasteiger partial charge in [0.15, 0.2) is 5.54 Å². The van der Waals surface area contributed by atoms with Crippen LogP contribution in [0.25, 0.3) is 11.3 Å². The Kier molecular flexibility index (Phi) is 7.56. The molecule has 0 saturated carbocycles. The number of carbonyl (C=O) groups excluding carboxylic acids is 1. The van der Waals surface area contributed by atoms with Crippen molar-refractivity contribution in [1.29, 1.82) is 5.26 Å². The Morgan fingerprint density at radius 3 is 2.59 bits per heavy atom. The minimum atomic E-state index is -1.89. The van der Waals surface area contributed by atoms with Crippen molar-refractivity contribution in [2.75, 3.05) is 18.5 Å². The number of nitrogens with one attached hydrogen (secondary N) is 2. The van der Waals surface area contributed by atoms with E-state index in [2.05, 4.69) is 21.7 Å². The highest BCUT2D eigenvalue weighted by Gasteiger charge is 2.35. The number of aliphatic hydroxyl groups excluding tert-OH is 1. The Balaban J connectivity index is 1.94. The molecule has 0 bridgehead atoms. The molecule has 8 nitrogen and oxygen atoms in total. The van der Waals surface area contributed by atoms with E-state index in [1.165, 1.54) is 25.1 Å². The number of carbonyl (C=O) groups is 2. The number of hydrogen-bond acceptors (Lipinski definition) is 6. The average molecular weight is 462 g/mol. The van der Waals surface area contributed by atoms with Gasteiger partial charge < -0.3 is 20.8 Å². The molecule has 0 fully saturated rings. The second-order valence-electron chi connectivity index (χ2n) is 7.81. The van der Waals surface area contributed by atoms with Crippen LogP contribution < -0.4 is 10.6 Å². The number of nitriles is 1. The van der Waals surface area contributed by atoms with Gasteiger partial charge in [-0.15, -0.1) is 0 Å². The smallest absolute Gasteiger partial charge is 0.331 e. The topological polar surface area (TPSA) is 135 Å². The lowest BCUT2D eigenvalue weighted by Crippen LogP contribution is -2.55. The molecule has 1 amide bonds. The van der Waals surface area contributed by atoms with E-state index in [1.54, 1.807) is 42.5 Å².